The van der Waals surface area contributed by atoms with Crippen LogP contribution in [0.25, 0.3) is 10.9 Å². The molecule has 0 aliphatic rings. The van der Waals surface area contributed by atoms with Gasteiger partial charge in [-0.3, -0.25) is 9.59 Å². The Morgan fingerprint density at radius 2 is 1.49 bits per heavy atom. The highest BCUT2D eigenvalue weighted by molar-refractivity contribution is 5.94. The van der Waals surface area contributed by atoms with Crippen LogP contribution in [0.1, 0.15) is 52.2 Å². The fourth-order valence-corrected chi connectivity index (χ4v) is 4.45. The second-order valence-corrected chi connectivity index (χ2v) is 11.2. The summed E-state index contributed by atoms with van der Waals surface area (Å²) in [5, 5.41) is 18.7. The SMILES string of the molecule is CC[C@H](C)[C@H](NC(=O)[C@H](Cc1c[nH]c2ccccc12)NC(=O)[C@H](Cc1ccccc1)NC(=O)OC(C)(C)C)C(=O)O. The Labute approximate surface area is 240 Å². The van der Waals surface area contributed by atoms with Gasteiger partial charge < -0.3 is 30.8 Å². The average molecular weight is 565 g/mol. The van der Waals surface area contributed by atoms with Gasteiger partial charge in [0.1, 0.15) is 23.7 Å². The second-order valence-electron chi connectivity index (χ2n) is 11.2. The van der Waals surface area contributed by atoms with Crippen molar-refractivity contribution < 1.29 is 29.0 Å². The van der Waals surface area contributed by atoms with Gasteiger partial charge in [0.25, 0.3) is 0 Å². The van der Waals surface area contributed by atoms with Crippen LogP contribution in [0.2, 0.25) is 0 Å². The number of hydrogen-bond acceptors (Lipinski definition) is 5. The molecule has 0 radical (unpaired) electrons. The Balaban J connectivity index is 1.90. The minimum absolute atomic E-state index is 0.0962. The number of aliphatic carboxylic acids is 1. The molecule has 10 nitrogen and oxygen atoms in total. The Hall–Kier alpha value is -4.34. The van der Waals surface area contributed by atoms with E-state index in [1.165, 1.54) is 0 Å². The van der Waals surface area contributed by atoms with Crippen molar-refractivity contribution in [3.63, 3.8) is 0 Å². The summed E-state index contributed by atoms with van der Waals surface area (Å²) in [6.45, 7) is 8.74. The van der Waals surface area contributed by atoms with E-state index in [0.717, 1.165) is 22.0 Å². The molecule has 0 fully saturated rings. The van der Waals surface area contributed by atoms with Gasteiger partial charge in [-0.1, -0.05) is 68.8 Å². The van der Waals surface area contributed by atoms with Crippen LogP contribution >= 0.6 is 0 Å². The standard InChI is InChI=1S/C31H40N4O6/c1-6-19(2)26(29(38)39)35-28(37)25(17-21-18-32-23-15-11-10-14-22(21)23)33-27(36)24(16-20-12-8-7-9-13-20)34-30(40)41-31(3,4)5/h7-15,18-19,24-26,32H,6,16-17H2,1-5H3,(H,33,36)(H,34,40)(H,35,37)(H,38,39)/t19-,24-,25-,26-/m0/s1. The van der Waals surface area contributed by atoms with Crippen LogP contribution in [-0.4, -0.2) is 57.7 Å². The fourth-order valence-electron chi connectivity index (χ4n) is 4.45. The van der Waals surface area contributed by atoms with Crippen molar-refractivity contribution in [2.24, 2.45) is 5.92 Å². The molecule has 1 aromatic heterocycles. The van der Waals surface area contributed by atoms with E-state index in [9.17, 15) is 24.3 Å². The third-order valence-corrected chi connectivity index (χ3v) is 6.80. The molecular formula is C31H40N4O6. The number of amides is 3. The molecule has 0 bridgehead atoms. The number of benzene rings is 2. The van der Waals surface area contributed by atoms with Gasteiger partial charge in [0.2, 0.25) is 11.8 Å². The summed E-state index contributed by atoms with van der Waals surface area (Å²) in [5.74, 6) is -2.72. The lowest BCUT2D eigenvalue weighted by Gasteiger charge is -2.27. The van der Waals surface area contributed by atoms with Crippen LogP contribution in [0.5, 0.6) is 0 Å². The predicted molar refractivity (Wildman–Crippen MR) is 156 cm³/mol. The molecule has 41 heavy (non-hydrogen) atoms. The smallest absolute Gasteiger partial charge is 0.408 e. The van der Waals surface area contributed by atoms with Crippen molar-refractivity contribution in [1.82, 2.24) is 20.9 Å². The number of para-hydroxylation sites is 1. The summed E-state index contributed by atoms with van der Waals surface area (Å²) < 4.78 is 5.38. The van der Waals surface area contributed by atoms with E-state index in [1.807, 2.05) is 61.5 Å². The first-order valence-corrected chi connectivity index (χ1v) is 13.8. The molecule has 0 saturated carbocycles. The summed E-state index contributed by atoms with van der Waals surface area (Å²) in [4.78, 5) is 55.0. The zero-order valence-corrected chi connectivity index (χ0v) is 24.2. The molecule has 0 spiro atoms. The van der Waals surface area contributed by atoms with Gasteiger partial charge in [-0.15, -0.1) is 0 Å². The topological polar surface area (TPSA) is 150 Å². The third-order valence-electron chi connectivity index (χ3n) is 6.80. The van der Waals surface area contributed by atoms with Crippen molar-refractivity contribution in [2.45, 2.75) is 77.6 Å². The van der Waals surface area contributed by atoms with Crippen molar-refractivity contribution in [2.75, 3.05) is 0 Å². The van der Waals surface area contributed by atoms with E-state index in [4.69, 9.17) is 4.74 Å². The van der Waals surface area contributed by atoms with Crippen LogP contribution in [0.3, 0.4) is 0 Å². The molecule has 3 aromatic rings. The van der Waals surface area contributed by atoms with Gasteiger partial charge in [-0.25, -0.2) is 9.59 Å². The number of aromatic amines is 1. The molecule has 0 aliphatic carbocycles. The first-order valence-electron chi connectivity index (χ1n) is 13.8. The molecule has 3 rings (SSSR count). The number of carboxylic acid groups (broad SMARTS) is 1. The number of hydrogen-bond donors (Lipinski definition) is 5. The van der Waals surface area contributed by atoms with Crippen molar-refractivity contribution in [3.8, 4) is 0 Å². The van der Waals surface area contributed by atoms with Crippen LogP contribution in [0.15, 0.2) is 60.8 Å². The van der Waals surface area contributed by atoms with Crippen molar-refractivity contribution >= 4 is 34.8 Å². The molecule has 4 atom stereocenters. The Bertz CT molecular complexity index is 1350. The van der Waals surface area contributed by atoms with E-state index in [-0.39, 0.29) is 18.8 Å². The second kappa shape index (κ2) is 13.8. The zero-order chi connectivity index (χ0) is 30.2. The Morgan fingerprint density at radius 1 is 0.878 bits per heavy atom. The molecule has 2 aromatic carbocycles. The van der Waals surface area contributed by atoms with Crippen LogP contribution in [-0.2, 0) is 32.0 Å². The Kier molecular flexibility index (Phi) is 10.5. The maximum atomic E-state index is 13.7. The number of carbonyl (C=O) groups excluding carboxylic acids is 3. The molecular weight excluding hydrogens is 524 g/mol. The van der Waals surface area contributed by atoms with Gasteiger partial charge in [0, 0.05) is 29.9 Å². The zero-order valence-electron chi connectivity index (χ0n) is 24.2. The number of fused-ring (bicyclic) bond motifs is 1. The van der Waals surface area contributed by atoms with Gasteiger partial charge in [0.05, 0.1) is 0 Å². The quantitative estimate of drug-likeness (QED) is 0.225. The first-order chi connectivity index (χ1) is 19.4. The molecule has 0 saturated heterocycles. The fraction of sp³-hybridized carbons (Fsp3) is 0.419. The molecule has 10 heteroatoms. The van der Waals surface area contributed by atoms with Crippen LogP contribution in [0, 0.1) is 5.92 Å². The van der Waals surface area contributed by atoms with Crippen molar-refractivity contribution in [3.05, 3.63) is 71.9 Å². The minimum Gasteiger partial charge on any atom is -0.480 e. The number of alkyl carbamates (subject to hydrolysis) is 1. The van der Waals surface area contributed by atoms with Gasteiger partial charge in [-0.2, -0.15) is 0 Å². The average Bonchev–Trinajstić information content (AvgIpc) is 3.32. The highest BCUT2D eigenvalue weighted by Crippen LogP contribution is 2.20. The molecule has 220 valence electrons. The van der Waals surface area contributed by atoms with Gasteiger partial charge in [0.15, 0.2) is 0 Å². The van der Waals surface area contributed by atoms with Gasteiger partial charge >= 0.3 is 12.1 Å². The summed E-state index contributed by atoms with van der Waals surface area (Å²) in [6, 6.07) is 13.4. The van der Waals surface area contributed by atoms with E-state index >= 15 is 0 Å². The predicted octanol–water partition coefficient (Wildman–Crippen LogP) is 3.95. The number of ether oxygens (including phenoxy) is 1. The number of carbonyl (C=O) groups is 4. The maximum Gasteiger partial charge on any atom is 0.408 e. The third kappa shape index (κ3) is 9.09. The summed E-state index contributed by atoms with van der Waals surface area (Å²) >= 11 is 0. The lowest BCUT2D eigenvalue weighted by Crippen LogP contribution is -2.57. The van der Waals surface area contributed by atoms with E-state index in [0.29, 0.717) is 6.42 Å². The summed E-state index contributed by atoms with van der Waals surface area (Å²) in [6.07, 6.45) is 1.78. The number of rotatable bonds is 12. The number of carboxylic acids is 1. The van der Waals surface area contributed by atoms with E-state index in [2.05, 4.69) is 20.9 Å². The lowest BCUT2D eigenvalue weighted by molar-refractivity contribution is -0.143. The lowest BCUT2D eigenvalue weighted by atomic mass is 9.97. The van der Waals surface area contributed by atoms with Crippen LogP contribution < -0.4 is 16.0 Å². The summed E-state index contributed by atoms with van der Waals surface area (Å²) in [7, 11) is 0. The van der Waals surface area contributed by atoms with Crippen LogP contribution in [0.4, 0.5) is 4.79 Å². The Morgan fingerprint density at radius 3 is 2.12 bits per heavy atom. The van der Waals surface area contributed by atoms with Gasteiger partial charge in [-0.05, 0) is 43.9 Å². The highest BCUT2D eigenvalue weighted by Gasteiger charge is 2.32. The number of nitrogens with one attached hydrogen (secondary N) is 4. The normalized spacial score (nSPS) is 14.4. The molecule has 5 N–H and O–H groups in total. The molecule has 0 unspecified atom stereocenters. The summed E-state index contributed by atoms with van der Waals surface area (Å²) in [5.41, 5.74) is 1.65. The molecule has 1 heterocycles. The highest BCUT2D eigenvalue weighted by atomic mass is 16.6. The largest absolute Gasteiger partial charge is 0.480 e. The van der Waals surface area contributed by atoms with E-state index in [1.54, 1.807) is 33.9 Å². The molecule has 0 aliphatic heterocycles. The maximum absolute atomic E-state index is 13.7. The van der Waals surface area contributed by atoms with E-state index < -0.39 is 47.6 Å². The monoisotopic (exact) mass is 564 g/mol. The minimum atomic E-state index is -1.15. The number of aromatic nitrogens is 1. The number of H-pyrrole nitrogens is 1. The first kappa shape index (κ1) is 31.2. The van der Waals surface area contributed by atoms with Crippen molar-refractivity contribution in [1.29, 1.82) is 0 Å². The molecule has 3 amide bonds.